The third-order valence-electron chi connectivity index (χ3n) is 13.3. The minimum absolute atomic E-state index is 0. The molecule has 0 aliphatic rings. The zero-order valence-electron chi connectivity index (χ0n) is 52.9. The number of hydrogen-bond donors (Lipinski definition) is 0. The third-order valence-corrected chi connectivity index (χ3v) is 13.3. The second-order valence-electron chi connectivity index (χ2n) is 21.4. The van der Waals surface area contributed by atoms with Crippen molar-refractivity contribution in [3.63, 3.8) is 0 Å². The molecule has 0 rings (SSSR count). The first kappa shape index (κ1) is 86.5. The van der Waals surface area contributed by atoms with E-state index in [2.05, 4.69) is 125 Å². The normalized spacial score (nSPS) is 11.5. The summed E-state index contributed by atoms with van der Waals surface area (Å²) in [5.41, 5.74) is 0. The molecule has 0 saturated heterocycles. The molecule has 0 aromatic heterocycles. The molecule has 468 valence electrons. The Balaban J connectivity index is -0.000000316. The quantitative estimate of drug-likeness (QED) is 0.0330. The van der Waals surface area contributed by atoms with Crippen molar-refractivity contribution in [1.82, 2.24) is 0 Å². The van der Waals surface area contributed by atoms with E-state index < -0.39 is 23.9 Å². The summed E-state index contributed by atoms with van der Waals surface area (Å²) in [5, 5.41) is 40.8. The zero-order chi connectivity index (χ0) is 59.6. The van der Waals surface area contributed by atoms with Gasteiger partial charge in [-0.15, -0.1) is 0 Å². The van der Waals surface area contributed by atoms with Gasteiger partial charge in [0, 0.05) is 51.2 Å². The third kappa shape index (κ3) is 102. The molecule has 0 N–H and O–H groups in total. The van der Waals surface area contributed by atoms with Crippen molar-refractivity contribution >= 4 is 51.2 Å². The molecule has 0 aromatic rings. The van der Waals surface area contributed by atoms with Crippen LogP contribution in [0.15, 0.2) is 97.2 Å². The Bertz CT molecular complexity index is 1300. The van der Waals surface area contributed by atoms with Gasteiger partial charge in [0.2, 0.25) is 0 Å². The Hall–Kier alpha value is -3.28. The van der Waals surface area contributed by atoms with Crippen LogP contribution in [0, 0.1) is 0 Å². The molecule has 0 aliphatic carbocycles. The number of aliphatic carboxylic acids is 4. The summed E-state index contributed by atoms with van der Waals surface area (Å²) >= 11 is 0. The van der Waals surface area contributed by atoms with Crippen LogP contribution in [-0.2, 0) is 19.2 Å². The molecule has 9 heteroatoms. The van der Waals surface area contributed by atoms with Crippen LogP contribution >= 0.6 is 0 Å². The smallest absolute Gasteiger partial charge is 0.0414 e. The van der Waals surface area contributed by atoms with Gasteiger partial charge in [-0.1, -0.05) is 253 Å². The minimum Gasteiger partial charge on any atom is -0.550 e. The van der Waals surface area contributed by atoms with E-state index in [1.165, 1.54) is 154 Å². The van der Waals surface area contributed by atoms with E-state index in [9.17, 15) is 39.6 Å². The molecule has 0 aromatic carbocycles. The Morgan fingerprint density at radius 3 is 0.494 bits per heavy atom. The monoisotopic (exact) mass is 1320 g/mol. The van der Waals surface area contributed by atoms with Crippen LogP contribution in [0.4, 0.5) is 0 Å². The van der Waals surface area contributed by atoms with E-state index in [1.807, 2.05) is 0 Å². The van der Waals surface area contributed by atoms with Crippen LogP contribution in [0.1, 0.15) is 336 Å². The molecule has 4 radical (unpaired) electrons. The predicted octanol–water partition coefficient (Wildman–Crippen LogP) is 17.8. The van der Waals surface area contributed by atoms with E-state index in [4.69, 9.17) is 0 Å². The molecule has 81 heavy (non-hydrogen) atoms. The average molecular weight is 1320 g/mol. The molecule has 0 amide bonds. The molecule has 0 spiro atoms. The van der Waals surface area contributed by atoms with Gasteiger partial charge in [-0.2, -0.15) is 0 Å². The number of allylic oxidation sites excluding steroid dienone is 16. The first-order valence-electron chi connectivity index (χ1n) is 33.1. The fraction of sp³-hybridized carbons (Fsp3) is 0.722. The van der Waals surface area contributed by atoms with E-state index >= 15 is 0 Å². The predicted molar refractivity (Wildman–Crippen MR) is 343 cm³/mol. The summed E-state index contributed by atoms with van der Waals surface area (Å²) in [6.07, 6.45) is 87.8. The van der Waals surface area contributed by atoms with Crippen molar-refractivity contribution in [1.29, 1.82) is 0 Å². The van der Waals surface area contributed by atoms with Crippen LogP contribution in [-0.4, -0.2) is 51.2 Å². The van der Waals surface area contributed by atoms with E-state index in [-0.39, 0.29) is 53.0 Å². The molecule has 0 aliphatic heterocycles. The number of carboxylic acids is 4. The van der Waals surface area contributed by atoms with Crippen molar-refractivity contribution in [2.45, 2.75) is 336 Å². The van der Waals surface area contributed by atoms with Gasteiger partial charge in [0.1, 0.15) is 0 Å². The van der Waals surface area contributed by atoms with Gasteiger partial charge < -0.3 is 39.6 Å². The average Bonchev–Trinajstić information content (AvgIpc) is 3.43. The summed E-state index contributed by atoms with van der Waals surface area (Å²) in [5.74, 6) is -3.68. The van der Waals surface area contributed by atoms with Crippen LogP contribution in [0.3, 0.4) is 0 Å². The Labute approximate surface area is 520 Å². The fourth-order valence-electron chi connectivity index (χ4n) is 8.32. The summed E-state index contributed by atoms with van der Waals surface area (Å²) in [7, 11) is 0. The molecule has 0 saturated carbocycles. The number of unbranched alkanes of at least 4 members (excludes halogenated alkanes) is 32. The molecule has 0 atom stereocenters. The Morgan fingerprint density at radius 1 is 0.210 bits per heavy atom. The zero-order valence-corrected chi connectivity index (χ0v) is 56.8. The van der Waals surface area contributed by atoms with E-state index in [1.54, 1.807) is 0 Å². The second-order valence-corrected chi connectivity index (χ2v) is 21.4. The molecule has 0 fully saturated rings. The minimum atomic E-state index is -0.921. The maximum Gasteiger partial charge on any atom is 0.0414 e. The van der Waals surface area contributed by atoms with Gasteiger partial charge in [-0.25, -0.2) is 0 Å². The molecule has 0 unspecified atom stereocenters. The number of hydrogen-bond acceptors (Lipinski definition) is 8. The second kappa shape index (κ2) is 83.2. The van der Waals surface area contributed by atoms with Crippen LogP contribution in [0.2, 0.25) is 0 Å². The van der Waals surface area contributed by atoms with Gasteiger partial charge in [-0.3, -0.25) is 0 Å². The number of carbonyl (C=O) groups is 4. The van der Waals surface area contributed by atoms with Crippen molar-refractivity contribution in [2.24, 2.45) is 0 Å². The summed E-state index contributed by atoms with van der Waals surface area (Å²) in [6, 6.07) is 0. The van der Waals surface area contributed by atoms with Crippen LogP contribution in [0.25, 0.3) is 0 Å². The summed E-state index contributed by atoms with van der Waals surface area (Å²) in [4.78, 5) is 40.8. The molecule has 8 nitrogen and oxygen atoms in total. The topological polar surface area (TPSA) is 161 Å². The van der Waals surface area contributed by atoms with Crippen molar-refractivity contribution < 1.29 is 39.6 Å². The maximum atomic E-state index is 10.2. The first-order chi connectivity index (χ1) is 39.1. The molecular weight excluding hydrogens is 1200 g/mol. The van der Waals surface area contributed by atoms with Gasteiger partial charge in [0.25, 0.3) is 0 Å². The number of carboxylic acid groups (broad SMARTS) is 4. The standard InChI is InChI=1S/4C18H32O2.Pb/c4*1-2-3-4-5-6-7-8-9-10-11-12-13-14-15-16-17-18(19)20;/h4*6-7,9-10H,2-5,8,11-17H2,1H3,(H,19,20);/p-4/b4*7-6-,10-9-;. The van der Waals surface area contributed by atoms with Crippen molar-refractivity contribution in [2.75, 3.05) is 0 Å². The molecule has 0 bridgehead atoms. The van der Waals surface area contributed by atoms with Crippen LogP contribution < -0.4 is 20.4 Å². The fourth-order valence-corrected chi connectivity index (χ4v) is 8.32. The summed E-state index contributed by atoms with van der Waals surface area (Å²) < 4.78 is 0. The van der Waals surface area contributed by atoms with E-state index in [0.29, 0.717) is 0 Å². The molecular formula is C72H124O8Pb-4. The van der Waals surface area contributed by atoms with Gasteiger partial charge in [-0.05, 0) is 180 Å². The number of rotatable bonds is 56. The Morgan fingerprint density at radius 2 is 0.346 bits per heavy atom. The largest absolute Gasteiger partial charge is 0.550 e. The van der Waals surface area contributed by atoms with E-state index in [0.717, 1.165) is 128 Å². The van der Waals surface area contributed by atoms with Gasteiger partial charge >= 0.3 is 0 Å². The SMILES string of the molecule is CCCCC/C=C\C/C=C\CCCCCCCC(=O)[O-].CCCCC/C=C\C/C=C\CCCCCCCC(=O)[O-].CCCCC/C=C\C/C=C\CCCCCCCC(=O)[O-].CCCCC/C=C\C/C=C\CCCCCCCC(=O)[O-].[Pb]. The van der Waals surface area contributed by atoms with Crippen molar-refractivity contribution in [3.05, 3.63) is 97.2 Å². The van der Waals surface area contributed by atoms with Crippen LogP contribution in [0.5, 0.6) is 0 Å². The van der Waals surface area contributed by atoms with Gasteiger partial charge in [0.15, 0.2) is 0 Å². The maximum absolute atomic E-state index is 10.2. The number of carbonyl (C=O) groups excluding carboxylic acids is 4. The van der Waals surface area contributed by atoms with Gasteiger partial charge in [0.05, 0.1) is 0 Å². The summed E-state index contributed by atoms with van der Waals surface area (Å²) in [6.45, 7) is 8.93. The first-order valence-corrected chi connectivity index (χ1v) is 33.1. The molecule has 0 heterocycles. The Kier molecular flexibility index (Phi) is 88.8. The van der Waals surface area contributed by atoms with Crippen molar-refractivity contribution in [3.8, 4) is 0 Å².